The quantitative estimate of drug-likeness (QED) is 0.664. The molecule has 1 atom stereocenters. The first-order valence-electron chi connectivity index (χ1n) is 5.80. The van der Waals surface area contributed by atoms with Gasteiger partial charge in [-0.1, -0.05) is 0 Å². The van der Waals surface area contributed by atoms with Gasteiger partial charge in [0.25, 0.3) is 5.91 Å². The number of nitrogens with zero attached hydrogens (tertiary/aromatic N) is 1. The maximum atomic E-state index is 11.8. The smallest absolute Gasteiger partial charge is 0.259 e. The van der Waals surface area contributed by atoms with E-state index in [1.807, 2.05) is 19.1 Å². The maximum absolute atomic E-state index is 11.8. The number of hydrogen-bond acceptors (Lipinski definition) is 4. The summed E-state index contributed by atoms with van der Waals surface area (Å²) in [5, 5.41) is 3.66. The van der Waals surface area contributed by atoms with E-state index in [9.17, 15) is 9.59 Å². The number of carbonyl (C=O) groups is 2. The summed E-state index contributed by atoms with van der Waals surface area (Å²) in [5.41, 5.74) is 0.741. The van der Waals surface area contributed by atoms with Crippen LogP contribution in [-0.4, -0.2) is 36.3 Å². The Kier molecular flexibility index (Phi) is 5.85. The van der Waals surface area contributed by atoms with Crippen molar-refractivity contribution in [1.82, 2.24) is 5.06 Å². The molecule has 104 valence electrons. The van der Waals surface area contributed by atoms with Gasteiger partial charge in [0, 0.05) is 24.6 Å². The molecule has 0 fully saturated rings. The summed E-state index contributed by atoms with van der Waals surface area (Å²) in [7, 11) is 3.04. The van der Waals surface area contributed by atoms with Crippen molar-refractivity contribution in [2.24, 2.45) is 0 Å². The Morgan fingerprint density at radius 1 is 1.32 bits per heavy atom. The average Bonchev–Trinajstić information content (AvgIpc) is 2.38. The summed E-state index contributed by atoms with van der Waals surface area (Å²) in [4.78, 5) is 28.5. The molecule has 0 saturated carbocycles. The molecule has 0 aliphatic heterocycles. The Morgan fingerprint density at radius 2 is 1.89 bits per heavy atom. The second-order valence-electron chi connectivity index (χ2n) is 3.98. The van der Waals surface area contributed by atoms with Gasteiger partial charge >= 0.3 is 0 Å². The van der Waals surface area contributed by atoms with Crippen LogP contribution in [0.15, 0.2) is 29.2 Å². The van der Waals surface area contributed by atoms with Gasteiger partial charge in [-0.05, 0) is 31.2 Å². The second kappa shape index (κ2) is 7.16. The molecule has 0 saturated heterocycles. The van der Waals surface area contributed by atoms with Crippen LogP contribution in [0.2, 0.25) is 0 Å². The number of thioether (sulfide) groups is 1. The molecule has 1 aromatic carbocycles. The summed E-state index contributed by atoms with van der Waals surface area (Å²) in [6.45, 7) is 3.29. The lowest BCUT2D eigenvalue weighted by Crippen LogP contribution is -2.32. The highest BCUT2D eigenvalue weighted by Gasteiger charge is 2.18. The summed E-state index contributed by atoms with van der Waals surface area (Å²) in [6, 6.07) is 7.35. The van der Waals surface area contributed by atoms with Crippen LogP contribution in [-0.2, 0) is 14.4 Å². The molecule has 6 heteroatoms. The standard InChI is InChI=1S/C13H18N2O3S/c1-9(13(17)15(3)18-4)19-12-7-5-11(6-8-12)14-10(2)16/h5-9H,1-4H3,(H,14,16). The van der Waals surface area contributed by atoms with Crippen molar-refractivity contribution in [3.63, 3.8) is 0 Å². The van der Waals surface area contributed by atoms with Gasteiger partial charge in [0.1, 0.15) is 0 Å². The topological polar surface area (TPSA) is 58.6 Å². The molecule has 1 unspecified atom stereocenters. The van der Waals surface area contributed by atoms with E-state index in [0.717, 1.165) is 10.6 Å². The molecule has 1 N–H and O–H groups in total. The predicted molar refractivity (Wildman–Crippen MR) is 75.8 cm³/mol. The van der Waals surface area contributed by atoms with Gasteiger partial charge in [-0.15, -0.1) is 11.8 Å². The van der Waals surface area contributed by atoms with Crippen LogP contribution in [0.3, 0.4) is 0 Å². The molecule has 0 bridgehead atoms. The van der Waals surface area contributed by atoms with E-state index in [1.165, 1.54) is 30.9 Å². The minimum Gasteiger partial charge on any atom is -0.326 e. The van der Waals surface area contributed by atoms with Gasteiger partial charge in [-0.25, -0.2) is 5.06 Å². The summed E-state index contributed by atoms with van der Waals surface area (Å²) in [6.07, 6.45) is 0. The van der Waals surface area contributed by atoms with E-state index in [1.54, 1.807) is 19.2 Å². The van der Waals surface area contributed by atoms with Crippen molar-refractivity contribution in [3.8, 4) is 0 Å². The molecule has 5 nitrogen and oxygen atoms in total. The Morgan fingerprint density at radius 3 is 2.37 bits per heavy atom. The molecule has 0 radical (unpaired) electrons. The van der Waals surface area contributed by atoms with E-state index in [-0.39, 0.29) is 17.1 Å². The molecule has 2 amide bonds. The van der Waals surface area contributed by atoms with Gasteiger partial charge in [0.05, 0.1) is 12.4 Å². The molecule has 0 aliphatic rings. The van der Waals surface area contributed by atoms with Crippen molar-refractivity contribution in [2.75, 3.05) is 19.5 Å². The fraction of sp³-hybridized carbons (Fsp3) is 0.385. The second-order valence-corrected chi connectivity index (χ2v) is 5.40. The number of nitrogens with one attached hydrogen (secondary N) is 1. The molecule has 1 rings (SSSR count). The van der Waals surface area contributed by atoms with Crippen molar-refractivity contribution in [2.45, 2.75) is 24.0 Å². The van der Waals surface area contributed by atoms with Gasteiger partial charge in [-0.2, -0.15) is 0 Å². The van der Waals surface area contributed by atoms with Crippen molar-refractivity contribution in [3.05, 3.63) is 24.3 Å². The van der Waals surface area contributed by atoms with Gasteiger partial charge < -0.3 is 5.32 Å². The van der Waals surface area contributed by atoms with Crippen LogP contribution < -0.4 is 5.32 Å². The zero-order valence-electron chi connectivity index (χ0n) is 11.5. The van der Waals surface area contributed by atoms with Crippen molar-refractivity contribution in [1.29, 1.82) is 0 Å². The third-order valence-corrected chi connectivity index (χ3v) is 3.52. The van der Waals surface area contributed by atoms with Crippen LogP contribution in [0.4, 0.5) is 5.69 Å². The van der Waals surface area contributed by atoms with E-state index < -0.39 is 0 Å². The highest BCUT2D eigenvalue weighted by molar-refractivity contribution is 8.00. The first-order valence-corrected chi connectivity index (χ1v) is 6.68. The van der Waals surface area contributed by atoms with Gasteiger partial charge in [0.15, 0.2) is 0 Å². The molecule has 0 heterocycles. The fourth-order valence-electron chi connectivity index (χ4n) is 1.42. The molecule has 0 aliphatic carbocycles. The Labute approximate surface area is 117 Å². The fourth-order valence-corrected chi connectivity index (χ4v) is 2.37. The Hall–Kier alpha value is -1.53. The number of carbonyl (C=O) groups excluding carboxylic acids is 2. The highest BCUT2D eigenvalue weighted by atomic mass is 32.2. The SMILES string of the molecule is CON(C)C(=O)C(C)Sc1ccc(NC(C)=O)cc1. The third-order valence-electron chi connectivity index (χ3n) is 2.42. The predicted octanol–water partition coefficient (Wildman–Crippen LogP) is 2.15. The number of amides is 2. The van der Waals surface area contributed by atoms with Crippen molar-refractivity contribution >= 4 is 29.3 Å². The normalized spacial score (nSPS) is 11.8. The number of anilines is 1. The van der Waals surface area contributed by atoms with Crippen molar-refractivity contribution < 1.29 is 14.4 Å². The van der Waals surface area contributed by atoms with Gasteiger partial charge in [0.2, 0.25) is 5.91 Å². The molecular weight excluding hydrogens is 264 g/mol. The number of hydrogen-bond donors (Lipinski definition) is 1. The Bertz CT molecular complexity index is 448. The summed E-state index contributed by atoms with van der Waals surface area (Å²) < 4.78 is 0. The number of hydroxylamine groups is 2. The van der Waals surface area contributed by atoms with Crippen LogP contribution in [0.5, 0.6) is 0 Å². The summed E-state index contributed by atoms with van der Waals surface area (Å²) >= 11 is 1.44. The van der Waals surface area contributed by atoms with E-state index in [2.05, 4.69) is 5.32 Å². The minimum atomic E-state index is -0.239. The average molecular weight is 282 g/mol. The van der Waals surface area contributed by atoms with Crippen LogP contribution in [0, 0.1) is 0 Å². The zero-order valence-corrected chi connectivity index (χ0v) is 12.3. The number of benzene rings is 1. The number of rotatable bonds is 5. The lowest BCUT2D eigenvalue weighted by Gasteiger charge is -2.18. The molecule has 1 aromatic rings. The largest absolute Gasteiger partial charge is 0.326 e. The summed E-state index contributed by atoms with van der Waals surface area (Å²) in [5.74, 6) is -0.205. The Balaban J connectivity index is 2.62. The lowest BCUT2D eigenvalue weighted by molar-refractivity contribution is -0.167. The maximum Gasteiger partial charge on any atom is 0.259 e. The molecule has 0 aromatic heterocycles. The molecule has 19 heavy (non-hydrogen) atoms. The lowest BCUT2D eigenvalue weighted by atomic mass is 10.3. The van der Waals surface area contributed by atoms with Gasteiger partial charge in [-0.3, -0.25) is 14.4 Å². The van der Waals surface area contributed by atoms with Crippen LogP contribution in [0.1, 0.15) is 13.8 Å². The first-order chi connectivity index (χ1) is 8.93. The highest BCUT2D eigenvalue weighted by Crippen LogP contribution is 2.25. The van der Waals surface area contributed by atoms with Crippen LogP contribution >= 0.6 is 11.8 Å². The molecular formula is C13H18N2O3S. The minimum absolute atomic E-state index is 0.0987. The molecule has 0 spiro atoms. The zero-order chi connectivity index (χ0) is 14.4. The monoisotopic (exact) mass is 282 g/mol. The van der Waals surface area contributed by atoms with Crippen LogP contribution in [0.25, 0.3) is 0 Å². The van der Waals surface area contributed by atoms with E-state index in [4.69, 9.17) is 4.84 Å². The first kappa shape index (κ1) is 15.5. The van der Waals surface area contributed by atoms with E-state index in [0.29, 0.717) is 0 Å². The van der Waals surface area contributed by atoms with E-state index >= 15 is 0 Å². The third kappa shape index (κ3) is 4.92.